The molecule has 0 bridgehead atoms. The van der Waals surface area contributed by atoms with Gasteiger partial charge in [0.05, 0.1) is 0 Å². The van der Waals surface area contributed by atoms with Crippen molar-refractivity contribution in [3.05, 3.63) is 15.0 Å². The smallest absolute Gasteiger partial charge is 0.317 e. The second kappa shape index (κ2) is 7.39. The number of piperidine rings is 1. The first-order valence-corrected chi connectivity index (χ1v) is 8.20. The van der Waals surface area contributed by atoms with Crippen LogP contribution in [-0.4, -0.2) is 59.9 Å². The van der Waals surface area contributed by atoms with E-state index in [9.17, 15) is 18.4 Å². The molecule has 1 aromatic rings. The number of urea groups is 1. The number of likely N-dealkylation sites (tertiary alicyclic amines) is 1. The van der Waals surface area contributed by atoms with Crippen molar-refractivity contribution in [3.8, 4) is 0 Å². The molecule has 0 saturated carbocycles. The molecular weight excluding hydrogens is 350 g/mol. The molecule has 2 rings (SSSR count). The number of hydrogen-bond donors (Lipinski definition) is 1. The van der Waals surface area contributed by atoms with Crippen LogP contribution in [0.5, 0.6) is 0 Å². The van der Waals surface area contributed by atoms with Crippen LogP contribution in [0.1, 0.15) is 33.9 Å². The van der Waals surface area contributed by atoms with E-state index >= 15 is 0 Å². The average molecular weight is 367 g/mol. The second-order valence-corrected chi connectivity index (χ2v) is 6.80. The molecule has 1 atom stereocenters. The van der Waals surface area contributed by atoms with Crippen molar-refractivity contribution < 1.29 is 18.4 Å². The fourth-order valence-corrected chi connectivity index (χ4v) is 3.37. The Bertz CT molecular complexity index is 597. The highest BCUT2D eigenvalue weighted by atomic mass is 35.5. The lowest BCUT2D eigenvalue weighted by molar-refractivity contribution is 0.0695. The fraction of sp³-hybridized carbons (Fsp3) is 0.615. The molecule has 0 aromatic carbocycles. The SMILES string of the molecule is CN(C)C(=O)NC1CCCN(C(=O)c2nc(Cl)c(C(F)F)s2)C1. The third kappa shape index (κ3) is 4.29. The lowest BCUT2D eigenvalue weighted by Gasteiger charge is -2.33. The molecule has 10 heteroatoms. The average Bonchev–Trinajstić information content (AvgIpc) is 2.88. The van der Waals surface area contributed by atoms with Crippen molar-refractivity contribution in [1.29, 1.82) is 0 Å². The van der Waals surface area contributed by atoms with Crippen LogP contribution in [0.3, 0.4) is 0 Å². The molecule has 1 saturated heterocycles. The first kappa shape index (κ1) is 17.9. The number of nitrogens with zero attached hydrogens (tertiary/aromatic N) is 3. The Balaban J connectivity index is 2.04. The van der Waals surface area contributed by atoms with Crippen LogP contribution in [-0.2, 0) is 0 Å². The molecule has 1 aliphatic rings. The first-order valence-electron chi connectivity index (χ1n) is 7.01. The maximum absolute atomic E-state index is 12.7. The number of aromatic nitrogens is 1. The van der Waals surface area contributed by atoms with E-state index in [0.717, 1.165) is 6.42 Å². The number of halogens is 3. The predicted molar refractivity (Wildman–Crippen MR) is 83.2 cm³/mol. The zero-order chi connectivity index (χ0) is 17.1. The number of thiazole rings is 1. The Labute approximate surface area is 141 Å². The van der Waals surface area contributed by atoms with Crippen LogP contribution in [0.15, 0.2) is 0 Å². The summed E-state index contributed by atoms with van der Waals surface area (Å²) < 4.78 is 25.5. The molecule has 1 N–H and O–H groups in total. The monoisotopic (exact) mass is 366 g/mol. The number of rotatable bonds is 3. The van der Waals surface area contributed by atoms with Gasteiger partial charge in [-0.25, -0.2) is 18.6 Å². The number of carbonyl (C=O) groups excluding carboxylic acids is 2. The third-order valence-corrected chi connectivity index (χ3v) is 4.88. The van der Waals surface area contributed by atoms with Crippen molar-refractivity contribution in [2.45, 2.75) is 25.3 Å². The molecule has 1 aromatic heterocycles. The molecule has 0 radical (unpaired) electrons. The lowest BCUT2D eigenvalue weighted by atomic mass is 10.1. The van der Waals surface area contributed by atoms with E-state index in [1.165, 1.54) is 9.80 Å². The summed E-state index contributed by atoms with van der Waals surface area (Å²) in [6.07, 6.45) is -1.29. The Morgan fingerprint density at radius 1 is 1.48 bits per heavy atom. The van der Waals surface area contributed by atoms with E-state index in [-0.39, 0.29) is 22.2 Å². The minimum Gasteiger partial charge on any atom is -0.335 e. The van der Waals surface area contributed by atoms with Gasteiger partial charge in [0.2, 0.25) is 0 Å². The minimum atomic E-state index is -2.75. The largest absolute Gasteiger partial charge is 0.335 e. The van der Waals surface area contributed by atoms with Gasteiger partial charge in [0.1, 0.15) is 10.0 Å². The topological polar surface area (TPSA) is 65.5 Å². The van der Waals surface area contributed by atoms with E-state index in [4.69, 9.17) is 11.6 Å². The molecule has 0 spiro atoms. The molecule has 3 amide bonds. The standard InChI is InChI=1S/C13H17ClF2N4O2S/c1-19(2)13(22)17-7-4-3-5-20(6-7)12(21)11-18-9(14)8(23-11)10(15)16/h7,10H,3-6H2,1-2H3,(H,17,22). The summed E-state index contributed by atoms with van der Waals surface area (Å²) in [5.41, 5.74) is 0. The molecule has 1 unspecified atom stereocenters. The number of carbonyl (C=O) groups is 2. The number of amides is 3. The lowest BCUT2D eigenvalue weighted by Crippen LogP contribution is -2.51. The van der Waals surface area contributed by atoms with Crippen LogP contribution in [0.2, 0.25) is 5.15 Å². The van der Waals surface area contributed by atoms with Crippen molar-refractivity contribution >= 4 is 34.9 Å². The molecule has 0 aliphatic carbocycles. The first-order chi connectivity index (χ1) is 10.8. The normalized spacial score (nSPS) is 18.2. The van der Waals surface area contributed by atoms with Gasteiger partial charge in [-0.2, -0.15) is 0 Å². The highest BCUT2D eigenvalue weighted by molar-refractivity contribution is 7.14. The minimum absolute atomic E-state index is 0.0510. The zero-order valence-corrected chi connectivity index (χ0v) is 14.3. The Kier molecular flexibility index (Phi) is 5.74. The van der Waals surface area contributed by atoms with Crippen LogP contribution < -0.4 is 5.32 Å². The zero-order valence-electron chi connectivity index (χ0n) is 12.7. The van der Waals surface area contributed by atoms with Gasteiger partial charge in [-0.3, -0.25) is 4.79 Å². The number of hydrogen-bond acceptors (Lipinski definition) is 4. The van der Waals surface area contributed by atoms with Crippen molar-refractivity contribution in [2.75, 3.05) is 27.2 Å². The van der Waals surface area contributed by atoms with Gasteiger partial charge in [-0.15, -0.1) is 11.3 Å². The van der Waals surface area contributed by atoms with Gasteiger partial charge in [0.15, 0.2) is 5.01 Å². The number of nitrogens with one attached hydrogen (secondary N) is 1. The van der Waals surface area contributed by atoms with Gasteiger partial charge in [-0.05, 0) is 12.8 Å². The summed E-state index contributed by atoms with van der Waals surface area (Å²) in [5.74, 6) is -0.437. The summed E-state index contributed by atoms with van der Waals surface area (Å²) in [6.45, 7) is 0.813. The van der Waals surface area contributed by atoms with Gasteiger partial charge in [-0.1, -0.05) is 11.6 Å². The van der Waals surface area contributed by atoms with E-state index < -0.39 is 17.2 Å². The Hall–Kier alpha value is -1.48. The summed E-state index contributed by atoms with van der Waals surface area (Å²) in [5, 5.41) is 2.44. The van der Waals surface area contributed by atoms with Gasteiger partial charge in [0.25, 0.3) is 12.3 Å². The molecular formula is C13H17ClF2N4O2S. The van der Waals surface area contributed by atoms with E-state index in [2.05, 4.69) is 10.3 Å². The Morgan fingerprint density at radius 3 is 2.74 bits per heavy atom. The van der Waals surface area contributed by atoms with Gasteiger partial charge >= 0.3 is 6.03 Å². The van der Waals surface area contributed by atoms with Crippen molar-refractivity contribution in [3.63, 3.8) is 0 Å². The highest BCUT2D eigenvalue weighted by Crippen LogP contribution is 2.33. The Morgan fingerprint density at radius 2 is 2.17 bits per heavy atom. The van der Waals surface area contributed by atoms with Crippen molar-refractivity contribution in [2.24, 2.45) is 0 Å². The van der Waals surface area contributed by atoms with Crippen LogP contribution >= 0.6 is 22.9 Å². The molecule has 23 heavy (non-hydrogen) atoms. The van der Waals surface area contributed by atoms with Crippen LogP contribution in [0.4, 0.5) is 13.6 Å². The quantitative estimate of drug-likeness (QED) is 0.894. The highest BCUT2D eigenvalue weighted by Gasteiger charge is 2.29. The number of alkyl halides is 2. The summed E-state index contributed by atoms with van der Waals surface area (Å²) in [4.78, 5) is 30.3. The third-order valence-electron chi connectivity index (χ3n) is 3.43. The molecule has 128 valence electrons. The second-order valence-electron chi connectivity index (χ2n) is 5.41. The van der Waals surface area contributed by atoms with Crippen LogP contribution in [0, 0.1) is 0 Å². The fourth-order valence-electron chi connectivity index (χ4n) is 2.26. The van der Waals surface area contributed by atoms with E-state index in [1.807, 2.05) is 0 Å². The van der Waals surface area contributed by atoms with E-state index in [1.54, 1.807) is 14.1 Å². The van der Waals surface area contributed by atoms with Crippen molar-refractivity contribution in [1.82, 2.24) is 20.1 Å². The maximum atomic E-state index is 12.7. The van der Waals surface area contributed by atoms with E-state index in [0.29, 0.717) is 30.8 Å². The molecule has 1 aliphatic heterocycles. The maximum Gasteiger partial charge on any atom is 0.317 e. The predicted octanol–water partition coefficient (Wildman–Crippen LogP) is 2.61. The summed E-state index contributed by atoms with van der Waals surface area (Å²) >= 11 is 6.25. The van der Waals surface area contributed by atoms with Gasteiger partial charge in [0, 0.05) is 33.2 Å². The molecule has 2 heterocycles. The summed E-state index contributed by atoms with van der Waals surface area (Å²) in [6, 6.07) is -0.408. The molecule has 1 fully saturated rings. The summed E-state index contributed by atoms with van der Waals surface area (Å²) in [7, 11) is 3.26. The van der Waals surface area contributed by atoms with Crippen LogP contribution in [0.25, 0.3) is 0 Å². The molecule has 6 nitrogen and oxygen atoms in total. The van der Waals surface area contributed by atoms with Gasteiger partial charge < -0.3 is 15.1 Å².